The quantitative estimate of drug-likeness (QED) is 0.926. The van der Waals surface area contributed by atoms with Crippen LogP contribution in [0.15, 0.2) is 30.3 Å². The zero-order valence-corrected chi connectivity index (χ0v) is 11.9. The number of hydrogen-bond acceptors (Lipinski definition) is 4. The molecule has 1 aliphatic rings. The van der Waals surface area contributed by atoms with Crippen molar-refractivity contribution in [3.63, 3.8) is 0 Å². The first-order valence-corrected chi connectivity index (χ1v) is 7.09. The van der Waals surface area contributed by atoms with Crippen LogP contribution in [-0.4, -0.2) is 23.1 Å². The standard InChI is InChI=1S/C16H19N3O/c1-3-8-17-15-9-11(2)18-16(19-15)13-10-20-14-7-5-4-6-12(13)14/h4-7,9,13H,3,8,10H2,1-2H3,(H,17,18,19). The lowest BCUT2D eigenvalue weighted by Gasteiger charge is -2.11. The number of fused-ring (bicyclic) bond motifs is 1. The van der Waals surface area contributed by atoms with Crippen LogP contribution in [0.4, 0.5) is 5.82 Å². The number of hydrogen-bond donors (Lipinski definition) is 1. The lowest BCUT2D eigenvalue weighted by atomic mass is 10.0. The molecule has 0 spiro atoms. The zero-order valence-electron chi connectivity index (χ0n) is 11.9. The SMILES string of the molecule is CCCNc1cc(C)nc(C2COc3ccccc32)n1. The number of aryl methyl sites for hydroxylation is 1. The van der Waals surface area contributed by atoms with E-state index in [4.69, 9.17) is 4.74 Å². The van der Waals surface area contributed by atoms with Crippen molar-refractivity contribution in [2.75, 3.05) is 18.5 Å². The molecule has 1 N–H and O–H groups in total. The highest BCUT2D eigenvalue weighted by molar-refractivity contribution is 5.44. The lowest BCUT2D eigenvalue weighted by Crippen LogP contribution is -2.11. The van der Waals surface area contributed by atoms with Crippen LogP contribution in [-0.2, 0) is 0 Å². The third-order valence-corrected chi connectivity index (χ3v) is 3.44. The van der Waals surface area contributed by atoms with Gasteiger partial charge in [-0.1, -0.05) is 25.1 Å². The molecule has 0 saturated heterocycles. The van der Waals surface area contributed by atoms with Crippen LogP contribution in [0.25, 0.3) is 0 Å². The first-order chi connectivity index (χ1) is 9.78. The van der Waals surface area contributed by atoms with E-state index in [0.29, 0.717) is 6.61 Å². The molecule has 0 radical (unpaired) electrons. The Kier molecular flexibility index (Phi) is 3.54. The number of rotatable bonds is 4. The summed E-state index contributed by atoms with van der Waals surface area (Å²) >= 11 is 0. The van der Waals surface area contributed by atoms with E-state index < -0.39 is 0 Å². The summed E-state index contributed by atoms with van der Waals surface area (Å²) in [5, 5.41) is 3.33. The smallest absolute Gasteiger partial charge is 0.142 e. The van der Waals surface area contributed by atoms with Crippen molar-refractivity contribution in [2.45, 2.75) is 26.2 Å². The molecule has 3 rings (SSSR count). The Morgan fingerprint density at radius 1 is 1.30 bits per heavy atom. The molecule has 1 aromatic carbocycles. The largest absolute Gasteiger partial charge is 0.492 e. The Hall–Kier alpha value is -2.10. The van der Waals surface area contributed by atoms with Crippen LogP contribution in [0, 0.1) is 6.92 Å². The number of nitrogens with one attached hydrogen (secondary N) is 1. The molecule has 104 valence electrons. The molecule has 4 heteroatoms. The number of benzene rings is 1. The second-order valence-corrected chi connectivity index (χ2v) is 5.08. The Balaban J connectivity index is 1.93. The van der Waals surface area contributed by atoms with Crippen LogP contribution in [0.2, 0.25) is 0 Å². The fourth-order valence-electron chi connectivity index (χ4n) is 2.47. The third-order valence-electron chi connectivity index (χ3n) is 3.44. The number of aromatic nitrogens is 2. The first-order valence-electron chi connectivity index (χ1n) is 7.09. The molecule has 1 atom stereocenters. The highest BCUT2D eigenvalue weighted by atomic mass is 16.5. The molecule has 4 nitrogen and oxygen atoms in total. The summed E-state index contributed by atoms with van der Waals surface area (Å²) in [6.07, 6.45) is 1.08. The van der Waals surface area contributed by atoms with E-state index >= 15 is 0 Å². The van der Waals surface area contributed by atoms with Crippen molar-refractivity contribution in [1.82, 2.24) is 9.97 Å². The summed E-state index contributed by atoms with van der Waals surface area (Å²) < 4.78 is 5.73. The van der Waals surface area contributed by atoms with Gasteiger partial charge in [-0.3, -0.25) is 0 Å². The molecule has 0 amide bonds. The molecule has 20 heavy (non-hydrogen) atoms. The van der Waals surface area contributed by atoms with E-state index in [0.717, 1.165) is 36.1 Å². The van der Waals surface area contributed by atoms with Crippen molar-refractivity contribution in [3.8, 4) is 5.75 Å². The molecule has 1 aliphatic heterocycles. The summed E-state index contributed by atoms with van der Waals surface area (Å²) in [5.41, 5.74) is 2.16. The predicted octanol–water partition coefficient (Wildman–Crippen LogP) is 3.13. The molecule has 2 heterocycles. The lowest BCUT2D eigenvalue weighted by molar-refractivity contribution is 0.339. The Bertz CT molecular complexity index is 612. The van der Waals surface area contributed by atoms with Crippen LogP contribution in [0.1, 0.15) is 36.3 Å². The van der Waals surface area contributed by atoms with E-state index in [1.54, 1.807) is 0 Å². The van der Waals surface area contributed by atoms with Crippen molar-refractivity contribution in [1.29, 1.82) is 0 Å². The van der Waals surface area contributed by atoms with Crippen LogP contribution in [0.5, 0.6) is 5.75 Å². The topological polar surface area (TPSA) is 47.0 Å². The summed E-state index contributed by atoms with van der Waals surface area (Å²) in [4.78, 5) is 9.24. The van der Waals surface area contributed by atoms with Crippen LogP contribution in [0.3, 0.4) is 0 Å². The van der Waals surface area contributed by atoms with Gasteiger partial charge in [-0.05, 0) is 19.4 Å². The minimum atomic E-state index is 0.133. The number of anilines is 1. The van der Waals surface area contributed by atoms with E-state index in [1.807, 2.05) is 31.2 Å². The molecule has 1 unspecified atom stereocenters. The van der Waals surface area contributed by atoms with E-state index in [1.165, 1.54) is 5.56 Å². The molecule has 0 saturated carbocycles. The zero-order chi connectivity index (χ0) is 13.9. The van der Waals surface area contributed by atoms with Gasteiger partial charge in [-0.25, -0.2) is 9.97 Å². The van der Waals surface area contributed by atoms with Gasteiger partial charge in [-0.15, -0.1) is 0 Å². The summed E-state index contributed by atoms with van der Waals surface area (Å²) in [5.74, 6) is 2.83. The number of nitrogens with zero attached hydrogens (tertiary/aromatic N) is 2. The second kappa shape index (κ2) is 5.49. The van der Waals surface area contributed by atoms with Crippen LogP contribution >= 0.6 is 0 Å². The van der Waals surface area contributed by atoms with Gasteiger partial charge in [0.25, 0.3) is 0 Å². The fraction of sp³-hybridized carbons (Fsp3) is 0.375. The fourth-order valence-corrected chi connectivity index (χ4v) is 2.47. The summed E-state index contributed by atoms with van der Waals surface area (Å²) in [7, 11) is 0. The van der Waals surface area contributed by atoms with Gasteiger partial charge in [0.15, 0.2) is 0 Å². The molecule has 0 aliphatic carbocycles. The van der Waals surface area contributed by atoms with Gasteiger partial charge in [0.05, 0.1) is 5.92 Å². The number of ether oxygens (including phenoxy) is 1. The predicted molar refractivity (Wildman–Crippen MR) is 79.3 cm³/mol. The van der Waals surface area contributed by atoms with Crippen molar-refractivity contribution >= 4 is 5.82 Å². The Morgan fingerprint density at radius 2 is 2.15 bits per heavy atom. The van der Waals surface area contributed by atoms with Gasteiger partial charge < -0.3 is 10.1 Å². The Morgan fingerprint density at radius 3 is 3.00 bits per heavy atom. The van der Waals surface area contributed by atoms with Gasteiger partial charge >= 0.3 is 0 Å². The van der Waals surface area contributed by atoms with E-state index in [-0.39, 0.29) is 5.92 Å². The maximum Gasteiger partial charge on any atom is 0.142 e. The second-order valence-electron chi connectivity index (χ2n) is 5.08. The maximum atomic E-state index is 5.73. The van der Waals surface area contributed by atoms with Gasteiger partial charge in [0.1, 0.15) is 24.0 Å². The van der Waals surface area contributed by atoms with Crippen molar-refractivity contribution in [3.05, 3.63) is 47.4 Å². The minimum Gasteiger partial charge on any atom is -0.492 e. The van der Waals surface area contributed by atoms with Gasteiger partial charge in [0, 0.05) is 23.9 Å². The van der Waals surface area contributed by atoms with E-state index in [2.05, 4.69) is 28.3 Å². The molecule has 0 fully saturated rings. The maximum absolute atomic E-state index is 5.73. The molecule has 2 aromatic rings. The third kappa shape index (κ3) is 2.46. The molecular formula is C16H19N3O. The van der Waals surface area contributed by atoms with Gasteiger partial charge in [-0.2, -0.15) is 0 Å². The normalized spacial score (nSPS) is 16.6. The molecular weight excluding hydrogens is 250 g/mol. The Labute approximate surface area is 119 Å². The van der Waals surface area contributed by atoms with E-state index in [9.17, 15) is 0 Å². The first kappa shape index (κ1) is 12.9. The minimum absolute atomic E-state index is 0.133. The summed E-state index contributed by atoms with van der Waals surface area (Å²) in [6.45, 7) is 5.69. The molecule has 1 aromatic heterocycles. The van der Waals surface area contributed by atoms with Crippen molar-refractivity contribution in [2.24, 2.45) is 0 Å². The number of para-hydroxylation sites is 1. The monoisotopic (exact) mass is 269 g/mol. The molecule has 0 bridgehead atoms. The highest BCUT2D eigenvalue weighted by Crippen LogP contribution is 2.36. The average Bonchev–Trinajstić information content (AvgIpc) is 2.88. The highest BCUT2D eigenvalue weighted by Gasteiger charge is 2.27. The van der Waals surface area contributed by atoms with Gasteiger partial charge in [0.2, 0.25) is 0 Å². The average molecular weight is 269 g/mol. The van der Waals surface area contributed by atoms with Crippen LogP contribution < -0.4 is 10.1 Å². The summed E-state index contributed by atoms with van der Waals surface area (Å²) in [6, 6.07) is 10.1. The van der Waals surface area contributed by atoms with Crippen molar-refractivity contribution < 1.29 is 4.74 Å².